The van der Waals surface area contributed by atoms with Crippen LogP contribution in [-0.2, 0) is 4.74 Å². The minimum atomic E-state index is 0.390. The number of rotatable bonds is 2. The van der Waals surface area contributed by atoms with Crippen LogP contribution in [0, 0.1) is 5.41 Å². The Morgan fingerprint density at radius 1 is 1.38 bits per heavy atom. The lowest BCUT2D eigenvalue weighted by Crippen LogP contribution is -2.43. The van der Waals surface area contributed by atoms with Gasteiger partial charge in [0.1, 0.15) is 0 Å². The quantitative estimate of drug-likeness (QED) is 0.653. The molecular weight excluding hydrogens is 162 g/mol. The molecular formula is C11H23NO. The molecule has 0 aliphatic carbocycles. The maximum Gasteiger partial charge on any atom is 0.0707 e. The molecule has 2 nitrogen and oxygen atoms in total. The van der Waals surface area contributed by atoms with Crippen LogP contribution < -0.4 is 0 Å². The molecule has 1 atom stereocenters. The monoisotopic (exact) mass is 185 g/mol. The second-order valence-electron chi connectivity index (χ2n) is 5.15. The lowest BCUT2D eigenvalue weighted by molar-refractivity contribution is -0.0438. The Kier molecular flexibility index (Phi) is 3.74. The number of hydrogen-bond acceptors (Lipinski definition) is 2. The highest BCUT2D eigenvalue weighted by atomic mass is 16.5. The van der Waals surface area contributed by atoms with Crippen molar-refractivity contribution in [2.24, 2.45) is 5.41 Å². The third kappa shape index (κ3) is 4.10. The summed E-state index contributed by atoms with van der Waals surface area (Å²) in [6.07, 6.45) is 1.62. The van der Waals surface area contributed by atoms with Gasteiger partial charge in [-0.1, -0.05) is 27.7 Å². The second kappa shape index (κ2) is 4.43. The Morgan fingerprint density at radius 2 is 2.08 bits per heavy atom. The molecule has 0 saturated carbocycles. The topological polar surface area (TPSA) is 12.5 Å². The summed E-state index contributed by atoms with van der Waals surface area (Å²) in [7, 11) is 0. The first-order valence-electron chi connectivity index (χ1n) is 5.35. The number of ether oxygens (including phenoxy) is 1. The van der Waals surface area contributed by atoms with Crippen LogP contribution in [0.3, 0.4) is 0 Å². The molecule has 1 saturated heterocycles. The van der Waals surface area contributed by atoms with E-state index >= 15 is 0 Å². The second-order valence-corrected chi connectivity index (χ2v) is 5.15. The molecule has 0 amide bonds. The van der Waals surface area contributed by atoms with Crippen LogP contribution in [0.15, 0.2) is 0 Å². The zero-order chi connectivity index (χ0) is 9.90. The zero-order valence-electron chi connectivity index (χ0n) is 9.47. The molecule has 0 bridgehead atoms. The maximum absolute atomic E-state index is 5.74. The molecule has 78 valence electrons. The summed E-state index contributed by atoms with van der Waals surface area (Å²) in [4.78, 5) is 2.47. The van der Waals surface area contributed by atoms with Crippen molar-refractivity contribution in [3.05, 3.63) is 0 Å². The maximum atomic E-state index is 5.74. The molecule has 0 spiro atoms. The van der Waals surface area contributed by atoms with E-state index in [0.717, 1.165) is 26.2 Å². The van der Waals surface area contributed by atoms with E-state index in [1.165, 1.54) is 6.42 Å². The molecule has 1 heterocycles. The lowest BCUT2D eigenvalue weighted by Gasteiger charge is -2.35. The van der Waals surface area contributed by atoms with Gasteiger partial charge in [0.25, 0.3) is 0 Å². The number of morpholine rings is 1. The Hall–Kier alpha value is -0.0800. The predicted octanol–water partition coefficient (Wildman–Crippen LogP) is 2.14. The highest BCUT2D eigenvalue weighted by molar-refractivity contribution is 4.75. The minimum absolute atomic E-state index is 0.390. The lowest BCUT2D eigenvalue weighted by atomic mass is 9.89. The van der Waals surface area contributed by atoms with Gasteiger partial charge in [-0.05, 0) is 18.4 Å². The fraction of sp³-hybridized carbons (Fsp3) is 1.00. The Balaban J connectivity index is 2.34. The summed E-state index contributed by atoms with van der Waals surface area (Å²) in [5, 5.41) is 0. The Bertz CT molecular complexity index is 151. The van der Waals surface area contributed by atoms with Gasteiger partial charge >= 0.3 is 0 Å². The Morgan fingerprint density at radius 3 is 2.62 bits per heavy atom. The molecule has 13 heavy (non-hydrogen) atoms. The first kappa shape index (κ1) is 11.0. The Labute approximate surface area is 82.3 Å². The summed E-state index contributed by atoms with van der Waals surface area (Å²) in [5.74, 6) is 0. The van der Waals surface area contributed by atoms with Gasteiger partial charge in [-0.15, -0.1) is 0 Å². The molecule has 0 aromatic carbocycles. The predicted molar refractivity (Wildman–Crippen MR) is 55.9 cm³/mol. The molecule has 0 aromatic rings. The summed E-state index contributed by atoms with van der Waals surface area (Å²) in [6.45, 7) is 13.4. The zero-order valence-corrected chi connectivity index (χ0v) is 9.47. The summed E-state index contributed by atoms with van der Waals surface area (Å²) < 4.78 is 5.74. The molecule has 1 unspecified atom stereocenters. The van der Waals surface area contributed by atoms with Crippen molar-refractivity contribution >= 4 is 0 Å². The summed E-state index contributed by atoms with van der Waals surface area (Å²) in [6, 6.07) is 0. The molecule has 0 aromatic heterocycles. The molecule has 0 radical (unpaired) electrons. The van der Waals surface area contributed by atoms with Crippen molar-refractivity contribution in [2.75, 3.05) is 26.2 Å². The van der Waals surface area contributed by atoms with Gasteiger partial charge in [0.05, 0.1) is 12.7 Å². The van der Waals surface area contributed by atoms with Crippen LogP contribution in [0.25, 0.3) is 0 Å². The molecule has 1 fully saturated rings. The molecule has 1 aliphatic heterocycles. The largest absolute Gasteiger partial charge is 0.376 e. The fourth-order valence-corrected chi connectivity index (χ4v) is 1.87. The van der Waals surface area contributed by atoms with E-state index in [-0.39, 0.29) is 0 Å². The summed E-state index contributed by atoms with van der Waals surface area (Å²) >= 11 is 0. The third-order valence-corrected chi connectivity index (χ3v) is 2.51. The van der Waals surface area contributed by atoms with Gasteiger partial charge in [-0.3, -0.25) is 4.90 Å². The number of hydrogen-bond donors (Lipinski definition) is 0. The van der Waals surface area contributed by atoms with Crippen molar-refractivity contribution < 1.29 is 4.74 Å². The third-order valence-electron chi connectivity index (χ3n) is 2.51. The minimum Gasteiger partial charge on any atom is -0.376 e. The average Bonchev–Trinajstić information content (AvgIpc) is 2.01. The highest BCUT2D eigenvalue weighted by Gasteiger charge is 2.24. The number of nitrogens with zero attached hydrogens (tertiary/aromatic N) is 1. The van der Waals surface area contributed by atoms with Crippen molar-refractivity contribution in [2.45, 2.75) is 40.2 Å². The first-order chi connectivity index (χ1) is 6.01. The van der Waals surface area contributed by atoms with Crippen molar-refractivity contribution in [1.82, 2.24) is 4.90 Å². The van der Waals surface area contributed by atoms with E-state index in [9.17, 15) is 0 Å². The van der Waals surface area contributed by atoms with Crippen molar-refractivity contribution in [1.29, 1.82) is 0 Å². The SMILES string of the molecule is CCN1CCOC(CC(C)(C)C)C1. The summed E-state index contributed by atoms with van der Waals surface area (Å²) in [5.41, 5.74) is 0.390. The van der Waals surface area contributed by atoms with E-state index in [4.69, 9.17) is 4.74 Å². The molecule has 1 rings (SSSR count). The van der Waals surface area contributed by atoms with Gasteiger partial charge in [0.15, 0.2) is 0 Å². The van der Waals surface area contributed by atoms with Crippen molar-refractivity contribution in [3.63, 3.8) is 0 Å². The van der Waals surface area contributed by atoms with E-state index in [1.807, 2.05) is 0 Å². The molecule has 0 N–H and O–H groups in total. The van der Waals surface area contributed by atoms with Crippen LogP contribution >= 0.6 is 0 Å². The van der Waals surface area contributed by atoms with E-state index < -0.39 is 0 Å². The van der Waals surface area contributed by atoms with E-state index in [1.54, 1.807) is 0 Å². The molecule has 1 aliphatic rings. The van der Waals surface area contributed by atoms with Gasteiger partial charge in [-0.2, -0.15) is 0 Å². The highest BCUT2D eigenvalue weighted by Crippen LogP contribution is 2.24. The van der Waals surface area contributed by atoms with Crippen LogP contribution in [0.1, 0.15) is 34.1 Å². The number of likely N-dealkylation sites (N-methyl/N-ethyl adjacent to an activating group) is 1. The first-order valence-corrected chi connectivity index (χ1v) is 5.35. The van der Waals surface area contributed by atoms with Crippen LogP contribution in [0.4, 0.5) is 0 Å². The fourth-order valence-electron chi connectivity index (χ4n) is 1.87. The van der Waals surface area contributed by atoms with Crippen LogP contribution in [0.5, 0.6) is 0 Å². The van der Waals surface area contributed by atoms with Gasteiger partial charge in [0.2, 0.25) is 0 Å². The van der Waals surface area contributed by atoms with E-state index in [2.05, 4.69) is 32.6 Å². The van der Waals surface area contributed by atoms with Gasteiger partial charge < -0.3 is 4.74 Å². The van der Waals surface area contributed by atoms with E-state index in [0.29, 0.717) is 11.5 Å². The van der Waals surface area contributed by atoms with Gasteiger partial charge in [-0.25, -0.2) is 0 Å². The normalized spacial score (nSPS) is 26.3. The standard InChI is InChI=1S/C11H23NO/c1-5-12-6-7-13-10(9-12)8-11(2,3)4/h10H,5-9H2,1-4H3. The van der Waals surface area contributed by atoms with Crippen LogP contribution in [-0.4, -0.2) is 37.2 Å². The average molecular weight is 185 g/mol. The van der Waals surface area contributed by atoms with Gasteiger partial charge in [0, 0.05) is 13.1 Å². The van der Waals surface area contributed by atoms with Crippen molar-refractivity contribution in [3.8, 4) is 0 Å². The molecule has 2 heteroatoms. The smallest absolute Gasteiger partial charge is 0.0707 e. The van der Waals surface area contributed by atoms with Crippen LogP contribution in [0.2, 0.25) is 0 Å².